The fraction of sp³-hybridized carbons (Fsp3) is 0.278. The van der Waals surface area contributed by atoms with Crippen LogP contribution < -0.4 is 4.74 Å². The molecule has 0 saturated carbocycles. The Balaban J connectivity index is 2.48. The molecule has 0 aliphatic carbocycles. The summed E-state index contributed by atoms with van der Waals surface area (Å²) in [6, 6.07) is 10.1. The maximum atomic E-state index is 12.0. The average Bonchev–Trinajstić information content (AvgIpc) is 2.62. The monoisotopic (exact) mass is 329 g/mol. The first kappa shape index (κ1) is 17.5. The van der Waals surface area contributed by atoms with Crippen LogP contribution in [-0.4, -0.2) is 37.2 Å². The second kappa shape index (κ2) is 8.10. The van der Waals surface area contributed by atoms with Crippen molar-refractivity contribution < 1.29 is 23.8 Å². The molecule has 0 aliphatic heterocycles. The van der Waals surface area contributed by atoms with Crippen LogP contribution in [0.25, 0.3) is 11.3 Å². The van der Waals surface area contributed by atoms with Gasteiger partial charge in [0.2, 0.25) is 0 Å². The van der Waals surface area contributed by atoms with E-state index < -0.39 is 11.9 Å². The Morgan fingerprint density at radius 2 is 1.58 bits per heavy atom. The molecule has 1 aromatic heterocycles. The molecule has 6 heteroatoms. The van der Waals surface area contributed by atoms with E-state index >= 15 is 0 Å². The van der Waals surface area contributed by atoms with Crippen molar-refractivity contribution in [3.63, 3.8) is 0 Å². The van der Waals surface area contributed by atoms with Gasteiger partial charge in [0.25, 0.3) is 0 Å². The number of esters is 2. The summed E-state index contributed by atoms with van der Waals surface area (Å²) in [5.41, 5.74) is 1.53. The highest BCUT2D eigenvalue weighted by molar-refractivity contribution is 5.95. The second-order valence-electron chi connectivity index (χ2n) is 4.80. The van der Waals surface area contributed by atoms with Gasteiger partial charge < -0.3 is 14.2 Å². The highest BCUT2D eigenvalue weighted by atomic mass is 16.5. The number of nitrogens with zero attached hydrogens (tertiary/aromatic N) is 1. The van der Waals surface area contributed by atoms with Gasteiger partial charge in [-0.05, 0) is 50.2 Å². The Bertz CT molecular complexity index is 688. The van der Waals surface area contributed by atoms with Gasteiger partial charge in [-0.2, -0.15) is 0 Å². The van der Waals surface area contributed by atoms with E-state index in [0.29, 0.717) is 11.4 Å². The Labute approximate surface area is 140 Å². The standard InChI is InChI=1S/C18H19NO5/c1-4-23-17(20)13-10-15(12-6-8-14(22-3)9-7-12)19-16(11-13)18(21)24-5-2/h6-11H,4-5H2,1-3H3. The number of methoxy groups -OCH3 is 1. The number of ether oxygens (including phenoxy) is 3. The highest BCUT2D eigenvalue weighted by Crippen LogP contribution is 2.23. The third-order valence-electron chi connectivity index (χ3n) is 3.21. The number of pyridine rings is 1. The zero-order chi connectivity index (χ0) is 17.5. The molecule has 0 aliphatic rings. The Hall–Kier alpha value is -2.89. The van der Waals surface area contributed by atoms with Crippen molar-refractivity contribution >= 4 is 11.9 Å². The van der Waals surface area contributed by atoms with Crippen LogP contribution in [0.4, 0.5) is 0 Å². The van der Waals surface area contributed by atoms with E-state index in [4.69, 9.17) is 14.2 Å². The Morgan fingerprint density at radius 3 is 2.17 bits per heavy atom. The summed E-state index contributed by atoms with van der Waals surface area (Å²) < 4.78 is 15.1. The second-order valence-corrected chi connectivity index (χ2v) is 4.80. The summed E-state index contributed by atoms with van der Waals surface area (Å²) in [6.45, 7) is 3.89. The van der Waals surface area contributed by atoms with Crippen LogP contribution >= 0.6 is 0 Å². The van der Waals surface area contributed by atoms with Crippen molar-refractivity contribution in [3.8, 4) is 17.0 Å². The molecule has 126 valence electrons. The van der Waals surface area contributed by atoms with E-state index in [-0.39, 0.29) is 24.5 Å². The number of benzene rings is 1. The van der Waals surface area contributed by atoms with Gasteiger partial charge in [-0.25, -0.2) is 14.6 Å². The topological polar surface area (TPSA) is 74.7 Å². The lowest BCUT2D eigenvalue weighted by molar-refractivity contribution is 0.0519. The zero-order valence-electron chi connectivity index (χ0n) is 13.9. The molecule has 0 spiro atoms. The van der Waals surface area contributed by atoms with Gasteiger partial charge in [0.05, 0.1) is 31.6 Å². The predicted octanol–water partition coefficient (Wildman–Crippen LogP) is 3.11. The predicted molar refractivity (Wildman–Crippen MR) is 88.1 cm³/mol. The number of hydrogen-bond donors (Lipinski definition) is 0. The molecule has 1 aromatic carbocycles. The number of carbonyl (C=O) groups is 2. The lowest BCUT2D eigenvalue weighted by Gasteiger charge is -2.09. The number of rotatable bonds is 6. The molecular formula is C18H19NO5. The number of aromatic nitrogens is 1. The first-order valence-corrected chi connectivity index (χ1v) is 7.59. The first-order chi connectivity index (χ1) is 11.6. The van der Waals surface area contributed by atoms with Crippen molar-refractivity contribution in [2.24, 2.45) is 0 Å². The summed E-state index contributed by atoms with van der Waals surface area (Å²) in [5.74, 6) is -0.399. The molecule has 1 heterocycles. The van der Waals surface area contributed by atoms with E-state index in [0.717, 1.165) is 5.56 Å². The van der Waals surface area contributed by atoms with E-state index in [2.05, 4.69) is 4.98 Å². The smallest absolute Gasteiger partial charge is 0.356 e. The van der Waals surface area contributed by atoms with Crippen molar-refractivity contribution in [3.05, 3.63) is 47.7 Å². The molecule has 0 radical (unpaired) electrons. The van der Waals surface area contributed by atoms with E-state index in [1.165, 1.54) is 6.07 Å². The molecule has 0 unspecified atom stereocenters. The minimum Gasteiger partial charge on any atom is -0.497 e. The lowest BCUT2D eigenvalue weighted by Crippen LogP contribution is -2.12. The summed E-state index contributed by atoms with van der Waals surface area (Å²) in [4.78, 5) is 28.3. The Kier molecular flexibility index (Phi) is 5.89. The molecule has 0 saturated heterocycles. The summed E-state index contributed by atoms with van der Waals surface area (Å²) in [7, 11) is 1.58. The van der Waals surface area contributed by atoms with Crippen LogP contribution in [0.1, 0.15) is 34.7 Å². The van der Waals surface area contributed by atoms with E-state index in [1.807, 2.05) is 0 Å². The molecule has 0 N–H and O–H groups in total. The van der Waals surface area contributed by atoms with Crippen LogP contribution in [0.15, 0.2) is 36.4 Å². The quantitative estimate of drug-likeness (QED) is 0.758. The normalized spacial score (nSPS) is 10.1. The minimum absolute atomic E-state index is 0.0632. The van der Waals surface area contributed by atoms with E-state index in [9.17, 15) is 9.59 Å². The van der Waals surface area contributed by atoms with Crippen molar-refractivity contribution in [2.45, 2.75) is 13.8 Å². The molecular weight excluding hydrogens is 310 g/mol. The van der Waals surface area contributed by atoms with E-state index in [1.54, 1.807) is 51.3 Å². The van der Waals surface area contributed by atoms with Gasteiger partial charge >= 0.3 is 11.9 Å². The molecule has 0 fully saturated rings. The maximum Gasteiger partial charge on any atom is 0.356 e. The fourth-order valence-electron chi connectivity index (χ4n) is 2.08. The van der Waals surface area contributed by atoms with Gasteiger partial charge in [-0.15, -0.1) is 0 Å². The molecule has 0 amide bonds. The van der Waals surface area contributed by atoms with Gasteiger partial charge in [0, 0.05) is 5.56 Å². The van der Waals surface area contributed by atoms with Gasteiger partial charge in [-0.1, -0.05) is 0 Å². The molecule has 2 rings (SSSR count). The first-order valence-electron chi connectivity index (χ1n) is 7.59. The Morgan fingerprint density at radius 1 is 0.958 bits per heavy atom. The molecule has 2 aromatic rings. The maximum absolute atomic E-state index is 12.0. The number of hydrogen-bond acceptors (Lipinski definition) is 6. The van der Waals surface area contributed by atoms with Crippen molar-refractivity contribution in [2.75, 3.05) is 20.3 Å². The van der Waals surface area contributed by atoms with Gasteiger partial charge in [0.15, 0.2) is 0 Å². The van der Waals surface area contributed by atoms with Crippen molar-refractivity contribution in [1.29, 1.82) is 0 Å². The zero-order valence-corrected chi connectivity index (χ0v) is 13.9. The minimum atomic E-state index is -0.585. The largest absolute Gasteiger partial charge is 0.497 e. The number of carbonyl (C=O) groups excluding carboxylic acids is 2. The summed E-state index contributed by atoms with van der Waals surface area (Å²) >= 11 is 0. The highest BCUT2D eigenvalue weighted by Gasteiger charge is 2.17. The average molecular weight is 329 g/mol. The van der Waals surface area contributed by atoms with Crippen LogP contribution in [0.2, 0.25) is 0 Å². The third kappa shape index (κ3) is 4.10. The lowest BCUT2D eigenvalue weighted by atomic mass is 10.1. The molecule has 0 atom stereocenters. The van der Waals surface area contributed by atoms with Gasteiger partial charge in [0.1, 0.15) is 11.4 Å². The van der Waals surface area contributed by atoms with Crippen LogP contribution in [0, 0.1) is 0 Å². The van der Waals surface area contributed by atoms with Crippen LogP contribution in [0.3, 0.4) is 0 Å². The van der Waals surface area contributed by atoms with Crippen molar-refractivity contribution in [1.82, 2.24) is 4.98 Å². The summed E-state index contributed by atoms with van der Waals surface area (Å²) in [6.07, 6.45) is 0. The van der Waals surface area contributed by atoms with Crippen LogP contribution in [-0.2, 0) is 9.47 Å². The molecule has 24 heavy (non-hydrogen) atoms. The SMILES string of the molecule is CCOC(=O)c1cc(C(=O)OCC)nc(-c2ccc(OC)cc2)c1. The molecule has 0 bridgehead atoms. The third-order valence-corrected chi connectivity index (χ3v) is 3.21. The van der Waals surface area contributed by atoms with Gasteiger partial charge in [-0.3, -0.25) is 0 Å². The molecule has 6 nitrogen and oxygen atoms in total. The van der Waals surface area contributed by atoms with Crippen LogP contribution in [0.5, 0.6) is 5.75 Å². The summed E-state index contributed by atoms with van der Waals surface area (Å²) in [5, 5.41) is 0. The fourth-order valence-corrected chi connectivity index (χ4v) is 2.08.